The molecule has 0 aliphatic carbocycles. The summed E-state index contributed by atoms with van der Waals surface area (Å²) in [6.45, 7) is 2.07. The lowest BCUT2D eigenvalue weighted by Gasteiger charge is -2.12. The van der Waals surface area contributed by atoms with Crippen LogP contribution in [-0.4, -0.2) is 30.0 Å². The van der Waals surface area contributed by atoms with Gasteiger partial charge in [-0.05, 0) is 41.6 Å². The first-order chi connectivity index (χ1) is 11.2. The molecular weight excluding hydrogens is 372 g/mol. The molecule has 0 spiro atoms. The van der Waals surface area contributed by atoms with Gasteiger partial charge in [0.1, 0.15) is 16.6 Å². The van der Waals surface area contributed by atoms with Crippen LogP contribution in [0.3, 0.4) is 0 Å². The van der Waals surface area contributed by atoms with E-state index in [1.54, 1.807) is 11.4 Å². The molecule has 1 aromatic carbocycles. The third kappa shape index (κ3) is 4.77. The molecule has 0 unspecified atom stereocenters. The lowest BCUT2D eigenvalue weighted by molar-refractivity contribution is 0.319. The smallest absolute Gasteiger partial charge is 0.250 e. The number of thiophene rings is 1. The molecule has 2 rings (SSSR count). The highest BCUT2D eigenvalue weighted by Gasteiger charge is 2.15. The summed E-state index contributed by atoms with van der Waals surface area (Å²) in [5.41, 5.74) is 0.683. The van der Waals surface area contributed by atoms with Crippen molar-refractivity contribution in [2.24, 2.45) is 5.14 Å². The minimum Gasteiger partial charge on any atom is -0.492 e. The quantitative estimate of drug-likeness (QED) is 0.660. The van der Waals surface area contributed by atoms with Crippen molar-refractivity contribution in [3.05, 3.63) is 41.3 Å². The molecular formula is C14H18N2O5S3. The number of benzene rings is 1. The van der Waals surface area contributed by atoms with E-state index in [-0.39, 0.29) is 22.3 Å². The fourth-order valence-electron chi connectivity index (χ4n) is 1.97. The second kappa shape index (κ2) is 7.62. The van der Waals surface area contributed by atoms with Gasteiger partial charge in [-0.3, -0.25) is 0 Å². The van der Waals surface area contributed by atoms with Gasteiger partial charge in [-0.1, -0.05) is 13.0 Å². The molecule has 24 heavy (non-hydrogen) atoms. The van der Waals surface area contributed by atoms with Gasteiger partial charge in [-0.25, -0.2) is 26.7 Å². The van der Waals surface area contributed by atoms with Gasteiger partial charge in [-0.15, -0.1) is 11.3 Å². The average Bonchev–Trinajstić information content (AvgIpc) is 3.06. The Labute approximate surface area is 145 Å². The van der Waals surface area contributed by atoms with E-state index in [0.717, 1.165) is 11.3 Å². The number of hydrogen-bond acceptors (Lipinski definition) is 6. The zero-order valence-corrected chi connectivity index (χ0v) is 15.4. The number of primary sulfonamides is 1. The maximum Gasteiger partial charge on any atom is 0.250 e. The molecule has 0 aliphatic heterocycles. The van der Waals surface area contributed by atoms with Crippen LogP contribution in [0.25, 0.3) is 0 Å². The van der Waals surface area contributed by atoms with Crippen LogP contribution in [0.15, 0.2) is 44.8 Å². The van der Waals surface area contributed by atoms with Gasteiger partial charge in [0, 0.05) is 6.54 Å². The number of nitrogens with one attached hydrogen (secondary N) is 1. The predicted octanol–water partition coefficient (Wildman–Crippen LogP) is 1.32. The van der Waals surface area contributed by atoms with E-state index in [0.29, 0.717) is 17.7 Å². The first kappa shape index (κ1) is 18.9. The average molecular weight is 391 g/mol. The van der Waals surface area contributed by atoms with Crippen LogP contribution in [0.4, 0.5) is 0 Å². The Morgan fingerprint density at radius 1 is 1.21 bits per heavy atom. The van der Waals surface area contributed by atoms with Crippen LogP contribution in [0.1, 0.15) is 12.5 Å². The predicted molar refractivity (Wildman–Crippen MR) is 92.2 cm³/mol. The Hall–Kier alpha value is -1.46. The van der Waals surface area contributed by atoms with Crippen molar-refractivity contribution < 1.29 is 21.6 Å². The van der Waals surface area contributed by atoms with Gasteiger partial charge >= 0.3 is 0 Å². The van der Waals surface area contributed by atoms with Gasteiger partial charge in [0.15, 0.2) is 0 Å². The van der Waals surface area contributed by atoms with E-state index < -0.39 is 20.0 Å². The summed E-state index contributed by atoms with van der Waals surface area (Å²) in [6.07, 6.45) is 0.555. The monoisotopic (exact) mass is 390 g/mol. The van der Waals surface area contributed by atoms with Gasteiger partial charge in [-0.2, -0.15) is 0 Å². The Morgan fingerprint density at radius 3 is 2.54 bits per heavy atom. The minimum atomic E-state index is -3.77. The number of aryl methyl sites for hydroxylation is 1. The van der Waals surface area contributed by atoms with Crippen molar-refractivity contribution in [2.45, 2.75) is 22.4 Å². The summed E-state index contributed by atoms with van der Waals surface area (Å²) in [5, 5.41) is 6.79. The summed E-state index contributed by atoms with van der Waals surface area (Å²) in [7, 11) is -7.29. The summed E-state index contributed by atoms with van der Waals surface area (Å²) in [5.74, 6) is 0.500. The largest absolute Gasteiger partial charge is 0.492 e. The first-order valence-electron chi connectivity index (χ1n) is 7.05. The fraction of sp³-hybridized carbons (Fsp3) is 0.286. The molecule has 0 fully saturated rings. The molecule has 0 radical (unpaired) electrons. The van der Waals surface area contributed by atoms with Crippen LogP contribution in [-0.2, 0) is 26.5 Å². The van der Waals surface area contributed by atoms with E-state index in [2.05, 4.69) is 4.72 Å². The topological polar surface area (TPSA) is 116 Å². The van der Waals surface area contributed by atoms with Crippen molar-refractivity contribution in [3.63, 3.8) is 0 Å². The van der Waals surface area contributed by atoms with Crippen LogP contribution in [0, 0.1) is 0 Å². The molecule has 2 aromatic rings. The van der Waals surface area contributed by atoms with Crippen molar-refractivity contribution in [3.8, 4) is 5.75 Å². The molecule has 132 valence electrons. The van der Waals surface area contributed by atoms with Crippen LogP contribution >= 0.6 is 11.3 Å². The second-order valence-electron chi connectivity index (χ2n) is 4.85. The molecule has 0 aliphatic rings. The fourth-order valence-corrected chi connectivity index (χ4v) is 4.59. The second-order valence-corrected chi connectivity index (χ2v) is 9.35. The van der Waals surface area contributed by atoms with Crippen molar-refractivity contribution in [1.29, 1.82) is 0 Å². The minimum absolute atomic E-state index is 0.0186. The van der Waals surface area contributed by atoms with Gasteiger partial charge in [0.2, 0.25) is 20.0 Å². The normalized spacial score (nSPS) is 12.2. The number of sulfonamides is 2. The van der Waals surface area contributed by atoms with Gasteiger partial charge < -0.3 is 4.74 Å². The van der Waals surface area contributed by atoms with E-state index >= 15 is 0 Å². The highest BCUT2D eigenvalue weighted by molar-refractivity contribution is 7.91. The summed E-state index contributed by atoms with van der Waals surface area (Å²) >= 11 is 1.13. The molecule has 7 nitrogen and oxygen atoms in total. The maximum atomic E-state index is 11.9. The molecule has 10 heteroatoms. The molecule has 0 amide bonds. The standard InChI is InChI=1S/C14H18N2O5S3/c1-2-11-10-12(23(15,17)18)5-6-13(11)21-8-7-16-24(19,20)14-4-3-9-22-14/h3-6,9-10,16H,2,7-8H2,1H3,(H2,15,17,18). The maximum absolute atomic E-state index is 11.9. The van der Waals surface area contributed by atoms with E-state index in [9.17, 15) is 16.8 Å². The Bertz CT molecular complexity index is 890. The number of ether oxygens (including phenoxy) is 1. The van der Waals surface area contributed by atoms with Crippen molar-refractivity contribution in [1.82, 2.24) is 4.72 Å². The Morgan fingerprint density at radius 2 is 1.96 bits per heavy atom. The zero-order chi connectivity index (χ0) is 17.8. The summed E-state index contributed by atoms with van der Waals surface area (Å²) in [4.78, 5) is 0.0186. The highest BCUT2D eigenvalue weighted by Crippen LogP contribution is 2.22. The molecule has 0 saturated carbocycles. The van der Waals surface area contributed by atoms with Crippen LogP contribution in [0.2, 0.25) is 0 Å². The molecule has 1 aromatic heterocycles. The van der Waals surface area contributed by atoms with Gasteiger partial charge in [0.25, 0.3) is 0 Å². The Balaban J connectivity index is 1.98. The lowest BCUT2D eigenvalue weighted by Crippen LogP contribution is -2.27. The molecule has 3 N–H and O–H groups in total. The van der Waals surface area contributed by atoms with E-state index in [1.807, 2.05) is 6.92 Å². The van der Waals surface area contributed by atoms with E-state index in [1.165, 1.54) is 24.3 Å². The Kier molecular flexibility index (Phi) is 5.99. The molecule has 0 saturated heterocycles. The number of nitrogens with two attached hydrogens (primary N) is 1. The van der Waals surface area contributed by atoms with E-state index in [4.69, 9.17) is 9.88 Å². The zero-order valence-electron chi connectivity index (χ0n) is 12.9. The molecule has 1 heterocycles. The SMILES string of the molecule is CCc1cc(S(N)(=O)=O)ccc1OCCNS(=O)(=O)c1cccs1. The molecule has 0 atom stereocenters. The summed E-state index contributed by atoms with van der Waals surface area (Å²) in [6, 6.07) is 7.53. The van der Waals surface area contributed by atoms with Crippen molar-refractivity contribution in [2.75, 3.05) is 13.2 Å². The number of rotatable bonds is 8. The third-order valence-corrected chi connectivity index (χ3v) is 6.92. The number of hydrogen-bond donors (Lipinski definition) is 2. The first-order valence-corrected chi connectivity index (χ1v) is 11.0. The van der Waals surface area contributed by atoms with Crippen molar-refractivity contribution >= 4 is 31.4 Å². The lowest BCUT2D eigenvalue weighted by atomic mass is 10.1. The third-order valence-electron chi connectivity index (χ3n) is 3.15. The summed E-state index contributed by atoms with van der Waals surface area (Å²) < 4.78 is 54.8. The highest BCUT2D eigenvalue weighted by atomic mass is 32.2. The van der Waals surface area contributed by atoms with Gasteiger partial charge in [0.05, 0.1) is 4.90 Å². The van der Waals surface area contributed by atoms with Crippen LogP contribution < -0.4 is 14.6 Å². The molecule has 0 bridgehead atoms. The van der Waals surface area contributed by atoms with Crippen LogP contribution in [0.5, 0.6) is 5.75 Å².